The Balaban J connectivity index is 1.34. The topological polar surface area (TPSA) is 48.1 Å². The number of piperazine rings is 1. The molecule has 0 unspecified atom stereocenters. The van der Waals surface area contributed by atoms with E-state index in [1.165, 1.54) is 22.0 Å². The maximum absolute atomic E-state index is 4.63. The minimum Gasteiger partial charge on any atom is -0.369 e. The number of hydrogen-bond donors (Lipinski definition) is 1. The van der Waals surface area contributed by atoms with Gasteiger partial charge in [-0.25, -0.2) is 4.98 Å². The molecule has 5 aromatic rings. The number of nitrogens with one attached hydrogen (secondary N) is 1. The van der Waals surface area contributed by atoms with Gasteiger partial charge in [0.1, 0.15) is 0 Å². The second-order valence-corrected chi connectivity index (χ2v) is 8.59. The summed E-state index contributed by atoms with van der Waals surface area (Å²) in [5, 5.41) is 11.1. The molecule has 6 rings (SSSR count). The number of fused-ring (bicyclic) bond motifs is 2. The number of rotatable bonds is 3. The van der Waals surface area contributed by atoms with Crippen molar-refractivity contribution < 1.29 is 0 Å². The van der Waals surface area contributed by atoms with Gasteiger partial charge in [0.2, 0.25) is 0 Å². The fourth-order valence-electron chi connectivity index (χ4n) is 4.55. The molecule has 1 N–H and O–H groups in total. The zero-order chi connectivity index (χ0) is 21.5. The SMILES string of the molecule is CN1CCN(c2ccc(-c3cnc4n[nH]c(-c5ccc6ccccc6c5)c4c3)cc2)CC1. The maximum Gasteiger partial charge on any atom is 0.181 e. The minimum atomic E-state index is 0.742. The Morgan fingerprint density at radius 1 is 0.750 bits per heavy atom. The zero-order valence-electron chi connectivity index (χ0n) is 18.1. The van der Waals surface area contributed by atoms with Crippen molar-refractivity contribution in [2.24, 2.45) is 0 Å². The van der Waals surface area contributed by atoms with E-state index in [4.69, 9.17) is 0 Å². The van der Waals surface area contributed by atoms with E-state index in [0.29, 0.717) is 0 Å². The van der Waals surface area contributed by atoms with Crippen molar-refractivity contribution in [1.29, 1.82) is 0 Å². The fraction of sp³-hybridized carbons (Fsp3) is 0.185. The molecule has 0 aliphatic carbocycles. The molecular formula is C27H25N5. The summed E-state index contributed by atoms with van der Waals surface area (Å²) in [6.45, 7) is 4.38. The molecule has 0 radical (unpaired) electrons. The van der Waals surface area contributed by atoms with Crippen molar-refractivity contribution >= 4 is 27.5 Å². The predicted molar refractivity (Wildman–Crippen MR) is 132 cm³/mol. The smallest absolute Gasteiger partial charge is 0.181 e. The molecule has 0 saturated carbocycles. The number of pyridine rings is 1. The minimum absolute atomic E-state index is 0.742. The summed E-state index contributed by atoms with van der Waals surface area (Å²) < 4.78 is 0. The van der Waals surface area contributed by atoms with E-state index in [0.717, 1.165) is 54.0 Å². The second-order valence-electron chi connectivity index (χ2n) is 8.59. The summed E-state index contributed by atoms with van der Waals surface area (Å²) in [5.74, 6) is 0. The highest BCUT2D eigenvalue weighted by Crippen LogP contribution is 2.31. The Morgan fingerprint density at radius 2 is 1.50 bits per heavy atom. The molecular weight excluding hydrogens is 394 g/mol. The Kier molecular flexibility index (Phi) is 4.62. The molecule has 3 heterocycles. The van der Waals surface area contributed by atoms with Gasteiger partial charge in [-0.1, -0.05) is 48.5 Å². The van der Waals surface area contributed by atoms with Crippen LogP contribution >= 0.6 is 0 Å². The first-order valence-electron chi connectivity index (χ1n) is 11.1. The van der Waals surface area contributed by atoms with E-state index >= 15 is 0 Å². The van der Waals surface area contributed by atoms with Gasteiger partial charge in [0, 0.05) is 54.6 Å². The molecule has 1 saturated heterocycles. The third-order valence-electron chi connectivity index (χ3n) is 6.52. The summed E-state index contributed by atoms with van der Waals surface area (Å²) >= 11 is 0. The highest BCUT2D eigenvalue weighted by Gasteiger charge is 2.15. The van der Waals surface area contributed by atoms with E-state index in [-0.39, 0.29) is 0 Å². The van der Waals surface area contributed by atoms with E-state index in [2.05, 4.69) is 105 Å². The van der Waals surface area contributed by atoms with Crippen LogP contribution in [0.3, 0.4) is 0 Å². The molecule has 1 aliphatic heterocycles. The Labute approximate surface area is 187 Å². The van der Waals surface area contributed by atoms with Gasteiger partial charge < -0.3 is 9.80 Å². The highest BCUT2D eigenvalue weighted by molar-refractivity contribution is 5.96. The Hall–Kier alpha value is -3.70. The van der Waals surface area contributed by atoms with E-state index < -0.39 is 0 Å². The van der Waals surface area contributed by atoms with Gasteiger partial charge in [-0.3, -0.25) is 5.10 Å². The average molecular weight is 420 g/mol. The quantitative estimate of drug-likeness (QED) is 0.437. The van der Waals surface area contributed by atoms with Gasteiger partial charge in [0.25, 0.3) is 0 Å². The molecule has 0 spiro atoms. The lowest BCUT2D eigenvalue weighted by Crippen LogP contribution is -2.44. The number of benzene rings is 3. The van der Waals surface area contributed by atoms with Crippen LogP contribution < -0.4 is 4.90 Å². The number of aromatic amines is 1. The van der Waals surface area contributed by atoms with Gasteiger partial charge in [-0.15, -0.1) is 0 Å². The predicted octanol–water partition coefficient (Wildman–Crippen LogP) is 5.20. The molecule has 0 atom stereocenters. The van der Waals surface area contributed by atoms with Gasteiger partial charge >= 0.3 is 0 Å². The molecule has 0 amide bonds. The van der Waals surface area contributed by atoms with E-state index in [1.807, 2.05) is 6.20 Å². The average Bonchev–Trinajstić information content (AvgIpc) is 3.28. The summed E-state index contributed by atoms with van der Waals surface area (Å²) in [4.78, 5) is 9.46. The Bertz CT molecular complexity index is 1400. The van der Waals surface area contributed by atoms with Crippen LogP contribution in [0.25, 0.3) is 44.2 Å². The molecule has 5 heteroatoms. The molecule has 32 heavy (non-hydrogen) atoms. The lowest BCUT2D eigenvalue weighted by Gasteiger charge is -2.34. The van der Waals surface area contributed by atoms with Crippen molar-refractivity contribution in [3.63, 3.8) is 0 Å². The first-order chi connectivity index (χ1) is 15.7. The third-order valence-corrected chi connectivity index (χ3v) is 6.52. The van der Waals surface area contributed by atoms with Crippen LogP contribution in [-0.4, -0.2) is 53.3 Å². The lowest BCUT2D eigenvalue weighted by molar-refractivity contribution is 0.313. The summed E-state index contributed by atoms with van der Waals surface area (Å²) in [6.07, 6.45) is 1.91. The molecule has 1 aliphatic rings. The summed E-state index contributed by atoms with van der Waals surface area (Å²) in [6, 6.07) is 26.0. The van der Waals surface area contributed by atoms with Crippen molar-refractivity contribution in [1.82, 2.24) is 20.1 Å². The van der Waals surface area contributed by atoms with Crippen molar-refractivity contribution in [2.45, 2.75) is 0 Å². The number of likely N-dealkylation sites (N-methyl/N-ethyl adjacent to an activating group) is 1. The summed E-state index contributed by atoms with van der Waals surface area (Å²) in [5.41, 5.74) is 6.43. The van der Waals surface area contributed by atoms with Crippen molar-refractivity contribution in [3.05, 3.63) is 79.0 Å². The van der Waals surface area contributed by atoms with Gasteiger partial charge in [0.15, 0.2) is 5.65 Å². The highest BCUT2D eigenvalue weighted by atomic mass is 15.2. The number of hydrogen-bond acceptors (Lipinski definition) is 4. The van der Waals surface area contributed by atoms with Gasteiger partial charge in [0.05, 0.1) is 5.69 Å². The van der Waals surface area contributed by atoms with Crippen LogP contribution in [0.4, 0.5) is 5.69 Å². The van der Waals surface area contributed by atoms with Crippen LogP contribution in [0.2, 0.25) is 0 Å². The lowest BCUT2D eigenvalue weighted by atomic mass is 10.0. The molecule has 2 aromatic heterocycles. The number of anilines is 1. The fourth-order valence-corrected chi connectivity index (χ4v) is 4.55. The molecule has 0 bridgehead atoms. The van der Waals surface area contributed by atoms with E-state index in [1.54, 1.807) is 0 Å². The Morgan fingerprint density at radius 3 is 2.31 bits per heavy atom. The van der Waals surface area contributed by atoms with Crippen LogP contribution in [-0.2, 0) is 0 Å². The third kappa shape index (κ3) is 3.41. The molecule has 3 aromatic carbocycles. The van der Waals surface area contributed by atoms with Gasteiger partial charge in [-0.2, -0.15) is 5.10 Å². The number of H-pyrrole nitrogens is 1. The molecule has 158 valence electrons. The van der Waals surface area contributed by atoms with Crippen molar-refractivity contribution in [3.8, 4) is 22.4 Å². The normalized spacial score (nSPS) is 15.0. The molecule has 5 nitrogen and oxygen atoms in total. The van der Waals surface area contributed by atoms with E-state index in [9.17, 15) is 0 Å². The zero-order valence-corrected chi connectivity index (χ0v) is 18.1. The monoisotopic (exact) mass is 419 g/mol. The first-order valence-corrected chi connectivity index (χ1v) is 11.1. The van der Waals surface area contributed by atoms with Crippen molar-refractivity contribution in [2.75, 3.05) is 38.1 Å². The van der Waals surface area contributed by atoms with Crippen LogP contribution in [0.1, 0.15) is 0 Å². The van der Waals surface area contributed by atoms with Crippen LogP contribution in [0, 0.1) is 0 Å². The maximum atomic E-state index is 4.63. The standard InChI is InChI=1S/C27H25N5/c1-31-12-14-32(15-13-31)24-10-8-20(9-11-24)23-17-25-26(29-30-27(25)28-18-23)22-7-6-19-4-2-3-5-21(19)16-22/h2-11,16-18H,12-15H2,1H3,(H,28,29,30). The molecule has 1 fully saturated rings. The number of aromatic nitrogens is 3. The first kappa shape index (κ1) is 19.0. The van der Waals surface area contributed by atoms with Gasteiger partial charge in [-0.05, 0) is 47.6 Å². The van der Waals surface area contributed by atoms with Crippen LogP contribution in [0.15, 0.2) is 79.0 Å². The second kappa shape index (κ2) is 7.77. The van der Waals surface area contributed by atoms with Crippen LogP contribution in [0.5, 0.6) is 0 Å². The number of nitrogens with zero attached hydrogens (tertiary/aromatic N) is 4. The largest absolute Gasteiger partial charge is 0.369 e. The summed E-state index contributed by atoms with van der Waals surface area (Å²) in [7, 11) is 2.19.